The van der Waals surface area contributed by atoms with E-state index in [2.05, 4.69) is 5.32 Å². The van der Waals surface area contributed by atoms with Crippen LogP contribution in [0.1, 0.15) is 23.2 Å². The second-order valence-electron chi connectivity index (χ2n) is 5.40. The summed E-state index contributed by atoms with van der Waals surface area (Å²) >= 11 is 5.46. The van der Waals surface area contributed by atoms with E-state index in [1.165, 1.54) is 0 Å². The van der Waals surface area contributed by atoms with Crippen molar-refractivity contribution in [3.63, 3.8) is 0 Å². The predicted molar refractivity (Wildman–Crippen MR) is 85.6 cm³/mol. The third-order valence-corrected chi connectivity index (χ3v) is 3.88. The number of halogens is 1. The highest BCUT2D eigenvalue weighted by Gasteiger charge is 2.25. The third-order valence-electron chi connectivity index (χ3n) is 3.72. The fourth-order valence-electron chi connectivity index (χ4n) is 2.43. The zero-order valence-corrected chi connectivity index (χ0v) is 13.6. The van der Waals surface area contributed by atoms with Crippen molar-refractivity contribution in [3.05, 3.63) is 17.7 Å². The summed E-state index contributed by atoms with van der Waals surface area (Å²) in [6.45, 7) is 1.04. The Labute approximate surface area is 143 Å². The van der Waals surface area contributed by atoms with Crippen LogP contribution in [-0.4, -0.2) is 63.8 Å². The highest BCUT2D eigenvalue weighted by atomic mass is 35.5. The molecule has 1 aromatic carbocycles. The number of piperidine rings is 1. The summed E-state index contributed by atoms with van der Waals surface area (Å²) in [7, 11) is 0. The Morgan fingerprint density at radius 3 is 2.33 bits per heavy atom. The Morgan fingerprint density at radius 2 is 1.79 bits per heavy atom. The zero-order valence-electron chi connectivity index (χ0n) is 12.9. The van der Waals surface area contributed by atoms with Crippen LogP contribution in [0, 0.1) is 0 Å². The number of carbonyl (C=O) groups is 2. The van der Waals surface area contributed by atoms with E-state index in [1.807, 2.05) is 0 Å². The number of hydrogen-bond acceptors (Lipinski definition) is 6. The van der Waals surface area contributed by atoms with Crippen molar-refractivity contribution in [2.24, 2.45) is 0 Å². The van der Waals surface area contributed by atoms with Crippen molar-refractivity contribution in [1.29, 1.82) is 0 Å². The maximum Gasteiger partial charge on any atom is 0.409 e. The molecule has 2 rings (SSSR count). The smallest absolute Gasteiger partial charge is 0.409 e. The van der Waals surface area contributed by atoms with Crippen LogP contribution in [0.2, 0.25) is 0 Å². The Hall–Kier alpha value is -2.35. The maximum absolute atomic E-state index is 12.2. The van der Waals surface area contributed by atoms with Gasteiger partial charge in [0.2, 0.25) is 0 Å². The van der Waals surface area contributed by atoms with Gasteiger partial charge < -0.3 is 30.3 Å². The highest BCUT2D eigenvalue weighted by Crippen LogP contribution is 2.35. The van der Waals surface area contributed by atoms with Gasteiger partial charge in [0, 0.05) is 24.7 Å². The molecular formula is C15H19ClN2O6. The molecule has 0 unspecified atom stereocenters. The van der Waals surface area contributed by atoms with E-state index < -0.39 is 29.2 Å². The molecule has 0 radical (unpaired) electrons. The molecule has 0 bridgehead atoms. The Morgan fingerprint density at radius 1 is 1.21 bits per heavy atom. The van der Waals surface area contributed by atoms with E-state index in [0.29, 0.717) is 25.9 Å². The number of alkyl halides is 1. The molecule has 2 amide bonds. The number of benzene rings is 1. The molecule has 1 aliphatic heterocycles. The molecule has 8 nitrogen and oxygen atoms in total. The second-order valence-corrected chi connectivity index (χ2v) is 5.78. The molecule has 132 valence electrons. The summed E-state index contributed by atoms with van der Waals surface area (Å²) in [4.78, 5) is 25.4. The number of nitrogens with one attached hydrogen (secondary N) is 1. The molecule has 1 aliphatic rings. The van der Waals surface area contributed by atoms with Crippen LogP contribution in [0.3, 0.4) is 0 Å². The van der Waals surface area contributed by atoms with Crippen LogP contribution in [0.25, 0.3) is 0 Å². The van der Waals surface area contributed by atoms with E-state index in [4.69, 9.17) is 16.3 Å². The van der Waals surface area contributed by atoms with Gasteiger partial charge >= 0.3 is 6.09 Å². The molecule has 0 aromatic heterocycles. The molecule has 1 aromatic rings. The van der Waals surface area contributed by atoms with Gasteiger partial charge in [-0.05, 0) is 25.0 Å². The molecule has 1 fully saturated rings. The topological polar surface area (TPSA) is 119 Å². The number of likely N-dealkylation sites (tertiary alicyclic amines) is 1. The lowest BCUT2D eigenvalue weighted by Gasteiger charge is -2.31. The minimum atomic E-state index is -0.671. The van der Waals surface area contributed by atoms with Gasteiger partial charge in [-0.1, -0.05) is 0 Å². The number of phenolic OH excluding ortho intramolecular Hbond substituents is 3. The maximum atomic E-state index is 12.2. The molecule has 9 heteroatoms. The first-order valence-electron chi connectivity index (χ1n) is 7.46. The second kappa shape index (κ2) is 7.96. The minimum absolute atomic E-state index is 0.0340. The quantitative estimate of drug-likeness (QED) is 0.477. The summed E-state index contributed by atoms with van der Waals surface area (Å²) in [5.74, 6) is -2.06. The number of hydrogen-bond donors (Lipinski definition) is 4. The minimum Gasteiger partial charge on any atom is -0.504 e. The van der Waals surface area contributed by atoms with Gasteiger partial charge in [-0.3, -0.25) is 4.79 Å². The molecule has 4 N–H and O–H groups in total. The number of rotatable bonds is 4. The number of aromatic hydroxyl groups is 3. The van der Waals surface area contributed by atoms with Gasteiger partial charge in [0.15, 0.2) is 17.2 Å². The first kappa shape index (κ1) is 18.0. The van der Waals surface area contributed by atoms with Gasteiger partial charge in [-0.2, -0.15) is 0 Å². The number of nitrogens with zero attached hydrogens (tertiary/aromatic N) is 1. The van der Waals surface area contributed by atoms with Crippen molar-refractivity contribution in [1.82, 2.24) is 10.2 Å². The van der Waals surface area contributed by atoms with Crippen molar-refractivity contribution in [2.45, 2.75) is 18.9 Å². The zero-order chi connectivity index (χ0) is 17.7. The van der Waals surface area contributed by atoms with E-state index in [-0.39, 0.29) is 24.1 Å². The molecule has 0 saturated carbocycles. The lowest BCUT2D eigenvalue weighted by Crippen LogP contribution is -2.46. The largest absolute Gasteiger partial charge is 0.504 e. The van der Waals surface area contributed by atoms with Crippen LogP contribution in [0.15, 0.2) is 12.1 Å². The van der Waals surface area contributed by atoms with Crippen LogP contribution >= 0.6 is 11.6 Å². The molecular weight excluding hydrogens is 340 g/mol. The monoisotopic (exact) mass is 358 g/mol. The van der Waals surface area contributed by atoms with Gasteiger partial charge in [-0.25, -0.2) is 4.79 Å². The number of amides is 2. The lowest BCUT2D eigenvalue weighted by atomic mass is 10.0. The molecule has 1 heterocycles. The summed E-state index contributed by atoms with van der Waals surface area (Å²) in [5.41, 5.74) is 0.0340. The van der Waals surface area contributed by atoms with E-state index in [0.717, 1.165) is 12.1 Å². The van der Waals surface area contributed by atoms with E-state index in [9.17, 15) is 24.9 Å². The summed E-state index contributed by atoms with van der Waals surface area (Å²) < 4.78 is 4.94. The summed E-state index contributed by atoms with van der Waals surface area (Å²) in [5, 5.41) is 30.9. The predicted octanol–water partition coefficient (Wildman–Crippen LogP) is 1.37. The van der Waals surface area contributed by atoms with Crippen LogP contribution < -0.4 is 5.32 Å². The van der Waals surface area contributed by atoms with E-state index >= 15 is 0 Å². The van der Waals surface area contributed by atoms with Crippen LogP contribution in [0.4, 0.5) is 4.79 Å². The summed E-state index contributed by atoms with van der Waals surface area (Å²) in [6, 6.07) is 2.00. The average Bonchev–Trinajstić information content (AvgIpc) is 2.57. The lowest BCUT2D eigenvalue weighted by molar-refractivity contribution is 0.0861. The van der Waals surface area contributed by atoms with E-state index in [1.54, 1.807) is 4.90 Å². The normalized spacial score (nSPS) is 15.1. The third kappa shape index (κ3) is 4.35. The molecule has 0 spiro atoms. The fraction of sp³-hybridized carbons (Fsp3) is 0.467. The Balaban J connectivity index is 1.87. The van der Waals surface area contributed by atoms with Crippen molar-refractivity contribution >= 4 is 23.6 Å². The number of carbonyl (C=O) groups excluding carboxylic acids is 2. The molecule has 24 heavy (non-hydrogen) atoms. The van der Waals surface area contributed by atoms with Crippen LogP contribution in [-0.2, 0) is 4.74 Å². The average molecular weight is 359 g/mol. The van der Waals surface area contributed by atoms with Gasteiger partial charge in [0.05, 0.1) is 5.88 Å². The molecule has 0 aliphatic carbocycles. The fourth-order valence-corrected chi connectivity index (χ4v) is 2.50. The number of phenols is 3. The Kier molecular flexibility index (Phi) is 5.97. The van der Waals surface area contributed by atoms with Crippen molar-refractivity contribution in [2.75, 3.05) is 25.6 Å². The SMILES string of the molecule is O=C(NC1CCN(C(=O)OCCCl)CC1)c1cc(O)c(O)c(O)c1. The van der Waals surface area contributed by atoms with Crippen LogP contribution in [0.5, 0.6) is 17.2 Å². The standard InChI is InChI=1S/C15H19ClN2O6/c16-3-6-24-15(23)18-4-1-10(2-5-18)17-14(22)9-7-11(19)13(21)12(20)8-9/h7-8,10,19-21H,1-6H2,(H,17,22). The van der Waals surface area contributed by atoms with Gasteiger partial charge in [0.25, 0.3) is 5.91 Å². The molecule has 0 atom stereocenters. The van der Waals surface area contributed by atoms with Crippen molar-refractivity contribution < 1.29 is 29.6 Å². The molecule has 1 saturated heterocycles. The highest BCUT2D eigenvalue weighted by molar-refractivity contribution is 6.18. The first-order chi connectivity index (χ1) is 11.4. The van der Waals surface area contributed by atoms with Gasteiger partial charge in [-0.15, -0.1) is 11.6 Å². The Bertz CT molecular complexity index is 593. The van der Waals surface area contributed by atoms with Gasteiger partial charge in [0.1, 0.15) is 6.61 Å². The van der Waals surface area contributed by atoms with Crippen molar-refractivity contribution in [3.8, 4) is 17.2 Å². The number of ether oxygens (including phenoxy) is 1. The first-order valence-corrected chi connectivity index (χ1v) is 7.99. The summed E-state index contributed by atoms with van der Waals surface area (Å²) in [6.07, 6.45) is 0.684.